The van der Waals surface area contributed by atoms with E-state index in [9.17, 15) is 4.79 Å². The van der Waals surface area contributed by atoms with Gasteiger partial charge in [-0.2, -0.15) is 0 Å². The van der Waals surface area contributed by atoms with Crippen LogP contribution in [-0.2, 0) is 17.8 Å². The molecule has 1 aromatic heterocycles. The second kappa shape index (κ2) is 4.14. The molecule has 0 atom stereocenters. The minimum atomic E-state index is 0.0774. The maximum Gasteiger partial charge on any atom is 0.231 e. The lowest BCUT2D eigenvalue weighted by Gasteiger charge is -2.18. The van der Waals surface area contributed by atoms with Gasteiger partial charge in [0.05, 0.1) is 30.0 Å². The average Bonchev–Trinajstić information content (AvgIpc) is 2.69. The van der Waals surface area contributed by atoms with Gasteiger partial charge in [0, 0.05) is 6.20 Å². The smallest absolute Gasteiger partial charge is 0.231 e. The highest BCUT2D eigenvalue weighted by Crippen LogP contribution is 2.35. The van der Waals surface area contributed by atoms with E-state index in [0.29, 0.717) is 18.7 Å². The molecule has 0 saturated heterocycles. The molecule has 90 valence electrons. The summed E-state index contributed by atoms with van der Waals surface area (Å²) in [5.74, 6) is 0.0774. The van der Waals surface area contributed by atoms with E-state index in [1.807, 2.05) is 36.4 Å². The first kappa shape index (κ1) is 10.8. The van der Waals surface area contributed by atoms with Crippen molar-refractivity contribution in [3.8, 4) is 0 Å². The van der Waals surface area contributed by atoms with Gasteiger partial charge in [0.2, 0.25) is 5.91 Å². The topological polar surface area (TPSA) is 59.2 Å². The van der Waals surface area contributed by atoms with Crippen LogP contribution in [0.5, 0.6) is 0 Å². The number of amides is 1. The van der Waals surface area contributed by atoms with E-state index in [1.165, 1.54) is 0 Å². The molecule has 2 N–H and O–H groups in total. The molecule has 0 radical (unpaired) electrons. The Morgan fingerprint density at radius 2 is 2.11 bits per heavy atom. The predicted molar refractivity (Wildman–Crippen MR) is 70.0 cm³/mol. The van der Waals surface area contributed by atoms with Gasteiger partial charge in [0.15, 0.2) is 0 Å². The van der Waals surface area contributed by atoms with E-state index in [4.69, 9.17) is 5.73 Å². The van der Waals surface area contributed by atoms with Crippen molar-refractivity contribution in [3.05, 3.63) is 53.9 Å². The maximum absolute atomic E-state index is 12.0. The normalized spacial score (nSPS) is 13.8. The highest BCUT2D eigenvalue weighted by atomic mass is 16.2. The first-order chi connectivity index (χ1) is 8.75. The SMILES string of the molecule is Nc1cccc2c1N(Cc1ccccn1)C(=O)C2. The summed E-state index contributed by atoms with van der Waals surface area (Å²) in [4.78, 5) is 18.0. The largest absolute Gasteiger partial charge is 0.397 e. The van der Waals surface area contributed by atoms with Crippen LogP contribution in [0.3, 0.4) is 0 Å². The maximum atomic E-state index is 12.0. The molecule has 3 rings (SSSR count). The van der Waals surface area contributed by atoms with Crippen LogP contribution in [0.15, 0.2) is 42.6 Å². The molecule has 0 fully saturated rings. The number of nitrogens with zero attached hydrogens (tertiary/aromatic N) is 2. The molecule has 1 aliphatic rings. The number of nitrogen functional groups attached to an aromatic ring is 1. The van der Waals surface area contributed by atoms with Crippen LogP contribution >= 0.6 is 0 Å². The molecule has 4 heteroatoms. The molecule has 1 aromatic carbocycles. The summed E-state index contributed by atoms with van der Waals surface area (Å²) in [6.07, 6.45) is 2.15. The number of hydrogen-bond donors (Lipinski definition) is 1. The Hall–Kier alpha value is -2.36. The summed E-state index contributed by atoms with van der Waals surface area (Å²) in [6.45, 7) is 0.473. The monoisotopic (exact) mass is 239 g/mol. The number of benzene rings is 1. The lowest BCUT2D eigenvalue weighted by molar-refractivity contribution is -0.117. The van der Waals surface area contributed by atoms with Crippen molar-refractivity contribution in [1.29, 1.82) is 0 Å². The number of para-hydroxylation sites is 1. The van der Waals surface area contributed by atoms with Gasteiger partial charge in [-0.15, -0.1) is 0 Å². The summed E-state index contributed by atoms with van der Waals surface area (Å²) in [7, 11) is 0. The second-order valence-corrected chi connectivity index (χ2v) is 4.33. The Balaban J connectivity index is 1.97. The molecule has 0 bridgehead atoms. The number of aromatic nitrogens is 1. The van der Waals surface area contributed by atoms with Gasteiger partial charge in [-0.3, -0.25) is 9.78 Å². The number of anilines is 2. The van der Waals surface area contributed by atoms with Crippen molar-refractivity contribution in [2.45, 2.75) is 13.0 Å². The molecule has 18 heavy (non-hydrogen) atoms. The van der Waals surface area contributed by atoms with E-state index in [-0.39, 0.29) is 5.91 Å². The summed E-state index contributed by atoms with van der Waals surface area (Å²) in [6, 6.07) is 11.3. The quantitative estimate of drug-likeness (QED) is 0.812. The lowest BCUT2D eigenvalue weighted by atomic mass is 10.1. The van der Waals surface area contributed by atoms with Crippen LogP contribution in [0.2, 0.25) is 0 Å². The van der Waals surface area contributed by atoms with Crippen LogP contribution in [-0.4, -0.2) is 10.9 Å². The minimum Gasteiger partial charge on any atom is -0.397 e. The number of pyridine rings is 1. The number of nitrogens with two attached hydrogens (primary N) is 1. The summed E-state index contributed by atoms with van der Waals surface area (Å²) >= 11 is 0. The summed E-state index contributed by atoms with van der Waals surface area (Å²) in [5.41, 5.74) is 9.31. The fourth-order valence-electron chi connectivity index (χ4n) is 2.29. The number of fused-ring (bicyclic) bond motifs is 1. The minimum absolute atomic E-state index is 0.0774. The number of carbonyl (C=O) groups excluding carboxylic acids is 1. The van der Waals surface area contributed by atoms with Gasteiger partial charge in [0.1, 0.15) is 0 Å². The van der Waals surface area contributed by atoms with E-state index < -0.39 is 0 Å². The highest BCUT2D eigenvalue weighted by Gasteiger charge is 2.29. The highest BCUT2D eigenvalue weighted by molar-refractivity contribution is 6.04. The van der Waals surface area contributed by atoms with Crippen LogP contribution in [0, 0.1) is 0 Å². The van der Waals surface area contributed by atoms with Crippen molar-refractivity contribution in [1.82, 2.24) is 4.98 Å². The van der Waals surface area contributed by atoms with Gasteiger partial charge in [-0.25, -0.2) is 0 Å². The summed E-state index contributed by atoms with van der Waals surface area (Å²) in [5, 5.41) is 0. The van der Waals surface area contributed by atoms with Crippen LogP contribution in [0.4, 0.5) is 11.4 Å². The molecule has 1 aliphatic heterocycles. The summed E-state index contributed by atoms with van der Waals surface area (Å²) < 4.78 is 0. The molecule has 0 unspecified atom stereocenters. The van der Waals surface area contributed by atoms with Crippen molar-refractivity contribution < 1.29 is 4.79 Å². The third kappa shape index (κ3) is 1.72. The zero-order valence-electron chi connectivity index (χ0n) is 9.84. The van der Waals surface area contributed by atoms with E-state index >= 15 is 0 Å². The fourth-order valence-corrected chi connectivity index (χ4v) is 2.29. The Morgan fingerprint density at radius 1 is 1.22 bits per heavy atom. The fraction of sp³-hybridized carbons (Fsp3) is 0.143. The molecule has 4 nitrogen and oxygen atoms in total. The zero-order valence-corrected chi connectivity index (χ0v) is 9.84. The van der Waals surface area contributed by atoms with Crippen LogP contribution in [0.1, 0.15) is 11.3 Å². The van der Waals surface area contributed by atoms with E-state index in [2.05, 4.69) is 4.98 Å². The van der Waals surface area contributed by atoms with Crippen LogP contribution < -0.4 is 10.6 Å². The molecule has 0 spiro atoms. The first-order valence-electron chi connectivity index (χ1n) is 5.83. The first-order valence-corrected chi connectivity index (χ1v) is 5.83. The predicted octanol–water partition coefficient (Wildman–Crippen LogP) is 1.75. The number of rotatable bonds is 2. The third-order valence-corrected chi connectivity index (χ3v) is 3.11. The molecule has 0 aliphatic carbocycles. The van der Waals surface area contributed by atoms with Crippen molar-refractivity contribution >= 4 is 17.3 Å². The Bertz CT molecular complexity index is 595. The van der Waals surface area contributed by atoms with Crippen molar-refractivity contribution in [2.75, 3.05) is 10.6 Å². The van der Waals surface area contributed by atoms with Crippen LogP contribution in [0.25, 0.3) is 0 Å². The Morgan fingerprint density at radius 3 is 2.89 bits per heavy atom. The van der Waals surface area contributed by atoms with Gasteiger partial charge >= 0.3 is 0 Å². The van der Waals surface area contributed by atoms with Gasteiger partial charge in [0.25, 0.3) is 0 Å². The van der Waals surface area contributed by atoms with Crippen molar-refractivity contribution in [2.24, 2.45) is 0 Å². The molecular weight excluding hydrogens is 226 g/mol. The molecule has 1 amide bonds. The lowest BCUT2D eigenvalue weighted by Crippen LogP contribution is -2.27. The molecule has 0 saturated carbocycles. The third-order valence-electron chi connectivity index (χ3n) is 3.11. The second-order valence-electron chi connectivity index (χ2n) is 4.33. The average molecular weight is 239 g/mol. The van der Waals surface area contributed by atoms with Gasteiger partial charge in [-0.1, -0.05) is 18.2 Å². The van der Waals surface area contributed by atoms with Crippen molar-refractivity contribution in [3.63, 3.8) is 0 Å². The Labute approximate surface area is 105 Å². The van der Waals surface area contributed by atoms with E-state index in [0.717, 1.165) is 16.9 Å². The standard InChI is InChI=1S/C14H13N3O/c15-12-6-3-4-10-8-13(18)17(14(10)12)9-11-5-1-2-7-16-11/h1-7H,8-9,15H2. The molecule has 2 aromatic rings. The molecular formula is C14H13N3O. The number of carbonyl (C=O) groups is 1. The zero-order chi connectivity index (χ0) is 12.5. The van der Waals surface area contributed by atoms with Gasteiger partial charge in [-0.05, 0) is 23.8 Å². The van der Waals surface area contributed by atoms with Gasteiger partial charge < -0.3 is 10.6 Å². The molecule has 2 heterocycles. The Kier molecular flexibility index (Phi) is 2.48. The van der Waals surface area contributed by atoms with E-state index in [1.54, 1.807) is 11.1 Å². The number of hydrogen-bond acceptors (Lipinski definition) is 3.